The van der Waals surface area contributed by atoms with Gasteiger partial charge in [-0.3, -0.25) is 24.3 Å². The molecule has 0 radical (unpaired) electrons. The number of methoxy groups -OCH3 is 2. The van der Waals surface area contributed by atoms with Crippen LogP contribution in [0.3, 0.4) is 0 Å². The highest BCUT2D eigenvalue weighted by Crippen LogP contribution is 2.33. The third-order valence-electron chi connectivity index (χ3n) is 6.92. The van der Waals surface area contributed by atoms with Gasteiger partial charge in [0.1, 0.15) is 11.5 Å². The molecule has 0 atom stereocenters. The van der Waals surface area contributed by atoms with Crippen LogP contribution in [0.4, 0.5) is 11.4 Å². The molecule has 1 aliphatic heterocycles. The highest BCUT2D eigenvalue weighted by atomic mass is 32.2. The third kappa shape index (κ3) is 5.77. The average Bonchev–Trinajstić information content (AvgIpc) is 3.62. The SMILES string of the molecule is COc1ccc(OC)c(-n2c(CNC(=O)c3ccc(C)c([N+](=O)[O-])c3)nnc2SCC(=O)N2CCc3ccccc32)c1. The number of para-hydroxylation sites is 1. The highest BCUT2D eigenvalue weighted by molar-refractivity contribution is 7.99. The Balaban J connectivity index is 1.42. The maximum Gasteiger partial charge on any atom is 0.273 e. The number of hydrogen-bond acceptors (Lipinski definition) is 9. The monoisotopic (exact) mass is 588 g/mol. The van der Waals surface area contributed by atoms with Crippen LogP contribution in [0.15, 0.2) is 65.8 Å². The number of nitrogens with one attached hydrogen (secondary N) is 1. The molecule has 2 heterocycles. The number of ether oxygens (including phenoxy) is 2. The van der Waals surface area contributed by atoms with Crippen molar-refractivity contribution in [3.05, 3.63) is 93.3 Å². The number of benzene rings is 3. The third-order valence-corrected chi connectivity index (χ3v) is 7.83. The summed E-state index contributed by atoms with van der Waals surface area (Å²) in [4.78, 5) is 38.8. The highest BCUT2D eigenvalue weighted by Gasteiger charge is 2.26. The minimum Gasteiger partial charge on any atom is -0.497 e. The number of hydrogen-bond donors (Lipinski definition) is 1. The number of aryl methyl sites for hydroxylation is 1. The molecule has 0 bridgehead atoms. The van der Waals surface area contributed by atoms with Crippen molar-refractivity contribution in [1.29, 1.82) is 0 Å². The Morgan fingerprint density at radius 2 is 1.86 bits per heavy atom. The summed E-state index contributed by atoms with van der Waals surface area (Å²) >= 11 is 1.22. The van der Waals surface area contributed by atoms with Gasteiger partial charge in [-0.05, 0) is 43.2 Å². The number of aromatic nitrogens is 3. The number of nitro benzene ring substituents is 1. The quantitative estimate of drug-likeness (QED) is 0.165. The molecule has 1 aliphatic rings. The van der Waals surface area contributed by atoms with E-state index in [0.29, 0.717) is 40.3 Å². The second kappa shape index (κ2) is 12.3. The number of thioether (sulfide) groups is 1. The van der Waals surface area contributed by atoms with E-state index in [1.165, 1.54) is 37.1 Å². The Morgan fingerprint density at radius 1 is 1.05 bits per heavy atom. The topological polar surface area (TPSA) is 142 Å². The molecule has 2 amide bonds. The van der Waals surface area contributed by atoms with Crippen LogP contribution in [0.2, 0.25) is 0 Å². The fourth-order valence-electron chi connectivity index (χ4n) is 4.73. The molecular formula is C29H28N6O6S. The van der Waals surface area contributed by atoms with E-state index in [9.17, 15) is 19.7 Å². The largest absolute Gasteiger partial charge is 0.497 e. The van der Waals surface area contributed by atoms with Crippen LogP contribution in [-0.4, -0.2) is 58.0 Å². The molecule has 13 heteroatoms. The van der Waals surface area contributed by atoms with Gasteiger partial charge >= 0.3 is 0 Å². The summed E-state index contributed by atoms with van der Waals surface area (Å²) in [5.74, 6) is 0.951. The van der Waals surface area contributed by atoms with E-state index in [0.717, 1.165) is 17.7 Å². The minimum atomic E-state index is -0.524. The van der Waals surface area contributed by atoms with E-state index in [2.05, 4.69) is 15.5 Å². The predicted octanol–water partition coefficient (Wildman–Crippen LogP) is 4.11. The van der Waals surface area contributed by atoms with Gasteiger partial charge in [0.15, 0.2) is 11.0 Å². The van der Waals surface area contributed by atoms with Crippen LogP contribution in [0.1, 0.15) is 27.3 Å². The van der Waals surface area contributed by atoms with E-state index in [1.54, 1.807) is 41.7 Å². The lowest BCUT2D eigenvalue weighted by Crippen LogP contribution is -2.30. The van der Waals surface area contributed by atoms with Gasteiger partial charge in [0.2, 0.25) is 5.91 Å². The Morgan fingerprint density at radius 3 is 2.62 bits per heavy atom. The Hall–Kier alpha value is -4.91. The summed E-state index contributed by atoms with van der Waals surface area (Å²) in [5.41, 5.74) is 3.06. The second-order valence-corrected chi connectivity index (χ2v) is 10.4. The summed E-state index contributed by atoms with van der Waals surface area (Å²) < 4.78 is 12.7. The molecule has 1 N–H and O–H groups in total. The molecule has 0 fully saturated rings. The first kappa shape index (κ1) is 28.6. The van der Waals surface area contributed by atoms with E-state index < -0.39 is 10.8 Å². The lowest BCUT2D eigenvalue weighted by Gasteiger charge is -2.18. The minimum absolute atomic E-state index is 0.0537. The van der Waals surface area contributed by atoms with E-state index >= 15 is 0 Å². The fraction of sp³-hybridized carbons (Fsp3) is 0.241. The van der Waals surface area contributed by atoms with Gasteiger partial charge in [-0.1, -0.05) is 36.0 Å². The van der Waals surface area contributed by atoms with E-state index in [-0.39, 0.29) is 29.5 Å². The number of nitro groups is 1. The molecule has 12 nitrogen and oxygen atoms in total. The molecule has 216 valence electrons. The summed E-state index contributed by atoms with van der Waals surface area (Å²) in [5, 5.41) is 23.2. The number of nitrogens with zero attached hydrogens (tertiary/aromatic N) is 5. The van der Waals surface area contributed by atoms with Gasteiger partial charge in [0.25, 0.3) is 11.6 Å². The van der Waals surface area contributed by atoms with Gasteiger partial charge < -0.3 is 19.7 Å². The molecule has 0 saturated heterocycles. The summed E-state index contributed by atoms with van der Waals surface area (Å²) in [6, 6.07) is 17.4. The number of carbonyl (C=O) groups is 2. The van der Waals surface area contributed by atoms with Crippen LogP contribution < -0.4 is 19.7 Å². The first-order valence-corrected chi connectivity index (χ1v) is 14.0. The molecule has 0 saturated carbocycles. The average molecular weight is 589 g/mol. The standard InChI is InChI=1S/C29H28N6O6S/c1-18-8-9-20(14-23(18)35(38)39)28(37)30-16-26-31-32-29(34(26)24-15-21(40-2)10-11-25(24)41-3)42-17-27(36)33-13-12-19-6-4-5-7-22(19)33/h4-11,14-15H,12-13,16-17H2,1-3H3,(H,30,37). The van der Waals surface area contributed by atoms with Gasteiger partial charge in [-0.2, -0.15) is 0 Å². The summed E-state index contributed by atoms with van der Waals surface area (Å²) in [6.45, 7) is 2.17. The van der Waals surface area contributed by atoms with Crippen LogP contribution in [0.25, 0.3) is 5.69 Å². The first-order valence-electron chi connectivity index (χ1n) is 13.0. The molecule has 5 rings (SSSR count). The molecule has 0 spiro atoms. The lowest BCUT2D eigenvalue weighted by atomic mass is 10.1. The molecule has 0 unspecified atom stereocenters. The van der Waals surface area contributed by atoms with Crippen molar-refractivity contribution in [3.63, 3.8) is 0 Å². The lowest BCUT2D eigenvalue weighted by molar-refractivity contribution is -0.385. The Bertz CT molecular complexity index is 1670. The summed E-state index contributed by atoms with van der Waals surface area (Å²) in [6.07, 6.45) is 0.803. The summed E-state index contributed by atoms with van der Waals surface area (Å²) in [7, 11) is 3.07. The van der Waals surface area contributed by atoms with Crippen molar-refractivity contribution in [3.8, 4) is 17.2 Å². The van der Waals surface area contributed by atoms with Gasteiger partial charge in [-0.15, -0.1) is 10.2 Å². The van der Waals surface area contributed by atoms with Crippen LogP contribution in [0.5, 0.6) is 11.5 Å². The molecule has 0 aliphatic carbocycles. The molecular weight excluding hydrogens is 560 g/mol. The predicted molar refractivity (Wildman–Crippen MR) is 157 cm³/mol. The number of anilines is 1. The maximum atomic E-state index is 13.2. The molecule has 1 aromatic heterocycles. The number of amides is 2. The van der Waals surface area contributed by atoms with Crippen LogP contribution >= 0.6 is 11.8 Å². The van der Waals surface area contributed by atoms with Gasteiger partial charge in [0, 0.05) is 35.5 Å². The fourth-order valence-corrected chi connectivity index (χ4v) is 5.57. The van der Waals surface area contributed by atoms with Gasteiger partial charge in [0.05, 0.1) is 37.1 Å². The number of rotatable bonds is 10. The van der Waals surface area contributed by atoms with Crippen LogP contribution in [-0.2, 0) is 17.8 Å². The molecule has 4 aromatic rings. The zero-order valence-corrected chi connectivity index (χ0v) is 24.0. The first-order chi connectivity index (χ1) is 20.3. The van der Waals surface area contributed by atoms with E-state index in [1.807, 2.05) is 24.3 Å². The van der Waals surface area contributed by atoms with Crippen molar-refractivity contribution in [1.82, 2.24) is 20.1 Å². The Kier molecular flexibility index (Phi) is 8.38. The van der Waals surface area contributed by atoms with Crippen molar-refractivity contribution in [2.75, 3.05) is 31.4 Å². The molecule has 42 heavy (non-hydrogen) atoms. The zero-order valence-electron chi connectivity index (χ0n) is 23.2. The number of carbonyl (C=O) groups excluding carboxylic acids is 2. The van der Waals surface area contributed by atoms with E-state index in [4.69, 9.17) is 9.47 Å². The zero-order chi connectivity index (χ0) is 29.8. The van der Waals surface area contributed by atoms with Crippen molar-refractivity contribution in [2.24, 2.45) is 0 Å². The normalized spacial score (nSPS) is 12.1. The maximum absolute atomic E-state index is 13.2. The smallest absolute Gasteiger partial charge is 0.273 e. The second-order valence-electron chi connectivity index (χ2n) is 9.43. The van der Waals surface area contributed by atoms with Crippen LogP contribution in [0, 0.1) is 17.0 Å². The van der Waals surface area contributed by atoms with Crippen molar-refractivity contribution in [2.45, 2.75) is 25.0 Å². The Labute approximate surface area is 245 Å². The van der Waals surface area contributed by atoms with Crippen molar-refractivity contribution < 1.29 is 24.0 Å². The molecule has 3 aromatic carbocycles. The number of fused-ring (bicyclic) bond motifs is 1. The van der Waals surface area contributed by atoms with Gasteiger partial charge in [-0.25, -0.2) is 0 Å². The van der Waals surface area contributed by atoms with Crippen molar-refractivity contribution >= 4 is 35.0 Å².